The smallest absolute Gasteiger partial charge is 0.321 e. The Labute approximate surface area is 204 Å². The highest BCUT2D eigenvalue weighted by Crippen LogP contribution is 2.61. The summed E-state index contributed by atoms with van der Waals surface area (Å²) in [6.45, 7) is 6.51. The summed E-state index contributed by atoms with van der Waals surface area (Å²) in [6.07, 6.45) is 3.35. The van der Waals surface area contributed by atoms with Crippen LogP contribution in [0, 0.1) is 11.2 Å². The maximum absolute atomic E-state index is 15.5. The molecule has 3 N–H and O–H groups in total. The summed E-state index contributed by atoms with van der Waals surface area (Å²) in [5.41, 5.74) is -0.130. The highest BCUT2D eigenvalue weighted by molar-refractivity contribution is 6.30. The highest BCUT2D eigenvalue weighted by Gasteiger charge is 2.65. The van der Waals surface area contributed by atoms with E-state index in [1.165, 1.54) is 6.07 Å². The van der Waals surface area contributed by atoms with Gasteiger partial charge in [-0.15, -0.1) is 0 Å². The van der Waals surface area contributed by atoms with Gasteiger partial charge in [0, 0.05) is 29.5 Å². The van der Waals surface area contributed by atoms with E-state index in [0.29, 0.717) is 16.5 Å². The Hall–Kier alpha value is -1.89. The average Bonchev–Trinajstić information content (AvgIpc) is 3.02. The van der Waals surface area contributed by atoms with Gasteiger partial charge in [0.05, 0.1) is 5.02 Å². The van der Waals surface area contributed by atoms with Crippen LogP contribution in [0.4, 0.5) is 10.2 Å². The highest BCUT2D eigenvalue weighted by atomic mass is 35.5. The van der Waals surface area contributed by atoms with Crippen LogP contribution >= 0.6 is 23.2 Å². The molecule has 1 aromatic carbocycles. The number of rotatable bonds is 4. The Morgan fingerprint density at radius 3 is 2.42 bits per heavy atom. The number of aliphatic carboxylic acids is 1. The van der Waals surface area contributed by atoms with Crippen LogP contribution in [-0.2, 0) is 10.2 Å². The van der Waals surface area contributed by atoms with Crippen LogP contribution in [-0.4, -0.2) is 34.7 Å². The molecule has 0 amide bonds. The number of nitrogens with one attached hydrogen (secondary N) is 2. The molecule has 1 aliphatic heterocycles. The van der Waals surface area contributed by atoms with Crippen LogP contribution in [0.2, 0.25) is 10.2 Å². The third-order valence-electron chi connectivity index (χ3n) is 8.08. The van der Waals surface area contributed by atoms with Gasteiger partial charge < -0.3 is 10.4 Å². The predicted octanol–water partition coefficient (Wildman–Crippen LogP) is 6.01. The number of carboxylic acids is 1. The zero-order valence-corrected chi connectivity index (χ0v) is 20.8. The van der Waals surface area contributed by atoms with E-state index in [0.717, 1.165) is 31.2 Å². The first-order valence-corrected chi connectivity index (χ1v) is 12.0. The molecule has 0 bridgehead atoms. The second kappa shape index (κ2) is 8.40. The number of aromatic nitrogens is 1. The van der Waals surface area contributed by atoms with E-state index >= 15 is 4.39 Å². The average molecular weight is 494 g/mol. The van der Waals surface area contributed by atoms with E-state index in [1.807, 2.05) is 13.0 Å². The first-order chi connectivity index (χ1) is 15.5. The van der Waals surface area contributed by atoms with Crippen molar-refractivity contribution in [1.29, 1.82) is 0 Å². The van der Waals surface area contributed by atoms with Crippen molar-refractivity contribution in [2.45, 2.75) is 69.4 Å². The number of benzene rings is 1. The second-order valence-corrected chi connectivity index (χ2v) is 11.1. The minimum atomic E-state index is -1.01. The van der Waals surface area contributed by atoms with E-state index < -0.39 is 34.7 Å². The van der Waals surface area contributed by atoms with Crippen molar-refractivity contribution in [1.82, 2.24) is 10.3 Å². The largest absolute Gasteiger partial charge is 0.480 e. The number of hydrogen-bond donors (Lipinski definition) is 3. The van der Waals surface area contributed by atoms with Gasteiger partial charge >= 0.3 is 5.97 Å². The molecule has 8 heteroatoms. The maximum atomic E-state index is 15.5. The molecule has 2 heterocycles. The lowest BCUT2D eigenvalue weighted by Gasteiger charge is -2.52. The van der Waals surface area contributed by atoms with E-state index in [2.05, 4.69) is 29.5 Å². The lowest BCUT2D eigenvalue weighted by atomic mass is 9.54. The van der Waals surface area contributed by atoms with Gasteiger partial charge in [0.25, 0.3) is 0 Å². The zero-order chi connectivity index (χ0) is 24.2. The number of carboxylic acid groups (broad SMARTS) is 1. The molecule has 1 aliphatic carbocycles. The second-order valence-electron chi connectivity index (χ2n) is 10.3. The molecule has 1 saturated carbocycles. The van der Waals surface area contributed by atoms with Crippen LogP contribution < -0.4 is 10.6 Å². The zero-order valence-electron chi connectivity index (χ0n) is 19.3. The van der Waals surface area contributed by atoms with Crippen molar-refractivity contribution in [3.63, 3.8) is 0 Å². The number of nitrogens with zero attached hydrogens (tertiary/aromatic N) is 1. The number of halogens is 3. The van der Waals surface area contributed by atoms with Gasteiger partial charge in [-0.1, -0.05) is 62.2 Å². The molecule has 3 atom stereocenters. The molecule has 1 saturated heterocycles. The summed E-state index contributed by atoms with van der Waals surface area (Å²) in [5, 5.41) is 17.2. The molecule has 2 aliphatic rings. The Bertz CT molecular complexity index is 1080. The van der Waals surface area contributed by atoms with Crippen LogP contribution in [0.1, 0.15) is 63.5 Å². The van der Waals surface area contributed by atoms with Gasteiger partial charge in [-0.2, -0.15) is 0 Å². The fourth-order valence-electron chi connectivity index (χ4n) is 6.10. The molecule has 178 valence electrons. The van der Waals surface area contributed by atoms with Crippen molar-refractivity contribution in [2.75, 3.05) is 12.4 Å². The van der Waals surface area contributed by atoms with E-state index in [1.54, 1.807) is 25.2 Å². The van der Waals surface area contributed by atoms with E-state index in [-0.39, 0.29) is 10.4 Å². The Morgan fingerprint density at radius 1 is 1.15 bits per heavy atom. The summed E-state index contributed by atoms with van der Waals surface area (Å²) >= 11 is 12.4. The van der Waals surface area contributed by atoms with Crippen molar-refractivity contribution in [3.8, 4) is 0 Å². The quantitative estimate of drug-likeness (QED) is 0.455. The summed E-state index contributed by atoms with van der Waals surface area (Å²) in [7, 11) is 1.76. The summed E-state index contributed by atoms with van der Waals surface area (Å²) in [4.78, 5) is 17.1. The topological polar surface area (TPSA) is 74.2 Å². The van der Waals surface area contributed by atoms with Gasteiger partial charge in [0.15, 0.2) is 0 Å². The fraction of sp³-hybridized carbons (Fsp3) is 0.520. The van der Waals surface area contributed by atoms with Gasteiger partial charge in [0.1, 0.15) is 22.8 Å². The molecule has 4 rings (SSSR count). The van der Waals surface area contributed by atoms with Crippen molar-refractivity contribution >= 4 is 35.0 Å². The van der Waals surface area contributed by atoms with Crippen molar-refractivity contribution in [2.24, 2.45) is 5.41 Å². The van der Waals surface area contributed by atoms with Gasteiger partial charge in [0.2, 0.25) is 0 Å². The molecule has 0 radical (unpaired) electrons. The van der Waals surface area contributed by atoms with Gasteiger partial charge in [-0.25, -0.2) is 9.37 Å². The molecular weight excluding hydrogens is 464 g/mol. The molecule has 1 aromatic heterocycles. The Kier molecular flexibility index (Phi) is 6.17. The van der Waals surface area contributed by atoms with Crippen molar-refractivity contribution < 1.29 is 14.3 Å². The summed E-state index contributed by atoms with van der Waals surface area (Å²) in [5.74, 6) is -1.75. The van der Waals surface area contributed by atoms with Crippen LogP contribution in [0.25, 0.3) is 0 Å². The molecule has 1 unspecified atom stereocenters. The molecular formula is C25H30Cl2FN3O2. The molecule has 33 heavy (non-hydrogen) atoms. The van der Waals surface area contributed by atoms with E-state index in [9.17, 15) is 9.90 Å². The third kappa shape index (κ3) is 3.80. The minimum Gasteiger partial charge on any atom is -0.480 e. The molecule has 2 fully saturated rings. The standard InChI is InChI=1S/C25H30Cl2FN3O2/c1-23(2)10-12-25(13-11-23)24(3,15-8-9-17(27)30-21(15)29-4)18(20(31-25)22(32)33)14-6-5-7-16(26)19(14)28/h5-9,18,20,31H,10-13H2,1-4H3,(H,29,30)(H,32,33)/t18-,20+,24?/m0/s1. The molecule has 1 spiro atoms. The minimum absolute atomic E-state index is 0.0206. The molecule has 5 nitrogen and oxygen atoms in total. The van der Waals surface area contributed by atoms with Gasteiger partial charge in [-0.05, 0) is 48.8 Å². The fourth-order valence-corrected chi connectivity index (χ4v) is 6.43. The Morgan fingerprint density at radius 2 is 1.82 bits per heavy atom. The first kappa shape index (κ1) is 24.2. The number of pyridine rings is 1. The van der Waals surface area contributed by atoms with Crippen LogP contribution in [0.3, 0.4) is 0 Å². The first-order valence-electron chi connectivity index (χ1n) is 11.2. The van der Waals surface area contributed by atoms with E-state index in [4.69, 9.17) is 23.2 Å². The lowest BCUT2D eigenvalue weighted by Crippen LogP contribution is -2.57. The predicted molar refractivity (Wildman–Crippen MR) is 130 cm³/mol. The summed E-state index contributed by atoms with van der Waals surface area (Å²) < 4.78 is 15.5. The third-order valence-corrected chi connectivity index (χ3v) is 8.58. The van der Waals surface area contributed by atoms with Crippen LogP contribution in [0.5, 0.6) is 0 Å². The lowest BCUT2D eigenvalue weighted by molar-refractivity contribution is -0.139. The number of hydrogen-bond acceptors (Lipinski definition) is 4. The number of carbonyl (C=O) groups is 1. The SMILES string of the molecule is CNc1nc(Cl)ccc1C1(C)[C@@H](c2cccc(Cl)c2F)[C@H](C(=O)O)NC12CCC(C)(C)CC2. The number of anilines is 1. The normalized spacial score (nSPS) is 28.1. The Balaban J connectivity index is 2.02. The molecule has 2 aromatic rings. The van der Waals surface area contributed by atoms with Crippen LogP contribution in [0.15, 0.2) is 30.3 Å². The van der Waals surface area contributed by atoms with Gasteiger partial charge in [-0.3, -0.25) is 10.1 Å². The van der Waals surface area contributed by atoms with Crippen molar-refractivity contribution in [3.05, 3.63) is 57.5 Å². The monoisotopic (exact) mass is 493 g/mol. The summed E-state index contributed by atoms with van der Waals surface area (Å²) in [6, 6.07) is 7.42. The maximum Gasteiger partial charge on any atom is 0.321 e.